The zero-order valence-corrected chi connectivity index (χ0v) is 10.3. The minimum absolute atomic E-state index is 0.0941. The van der Waals surface area contributed by atoms with Crippen molar-refractivity contribution in [3.05, 3.63) is 22.7 Å². The molecule has 5 heteroatoms. The van der Waals surface area contributed by atoms with E-state index in [9.17, 15) is 4.79 Å². The van der Waals surface area contributed by atoms with Crippen LogP contribution >= 0.6 is 11.6 Å². The lowest BCUT2D eigenvalue weighted by atomic mass is 10.2. The number of rotatable bonds is 5. The van der Waals surface area contributed by atoms with Crippen LogP contribution in [0.4, 0.5) is 0 Å². The van der Waals surface area contributed by atoms with Crippen molar-refractivity contribution in [3.63, 3.8) is 0 Å². The highest BCUT2D eigenvalue weighted by Crippen LogP contribution is 2.10. The van der Waals surface area contributed by atoms with Crippen LogP contribution in [0.2, 0.25) is 5.28 Å². The number of hydrogen-bond donors (Lipinski definition) is 0. The molecule has 0 N–H and O–H groups in total. The largest absolute Gasteiger partial charge is 0.461 e. The van der Waals surface area contributed by atoms with Gasteiger partial charge in [-0.25, -0.2) is 14.8 Å². The maximum absolute atomic E-state index is 11.5. The second-order valence-electron chi connectivity index (χ2n) is 3.34. The second-order valence-corrected chi connectivity index (χ2v) is 3.68. The van der Waals surface area contributed by atoms with Gasteiger partial charge in [-0.05, 0) is 37.4 Å². The van der Waals surface area contributed by atoms with Gasteiger partial charge in [-0.3, -0.25) is 0 Å². The van der Waals surface area contributed by atoms with E-state index in [4.69, 9.17) is 16.3 Å². The molecule has 88 valence electrons. The summed E-state index contributed by atoms with van der Waals surface area (Å²) in [6.45, 7) is 4.17. The molecule has 0 aliphatic rings. The molecule has 1 heterocycles. The number of esters is 1. The summed E-state index contributed by atoms with van der Waals surface area (Å²) in [5.41, 5.74) is 1.01. The van der Waals surface area contributed by atoms with Crippen LogP contribution in [0.3, 0.4) is 0 Å². The van der Waals surface area contributed by atoms with E-state index in [1.54, 1.807) is 13.0 Å². The molecule has 0 aliphatic carbocycles. The first-order chi connectivity index (χ1) is 7.67. The van der Waals surface area contributed by atoms with Crippen LogP contribution in [0.15, 0.2) is 6.07 Å². The van der Waals surface area contributed by atoms with Crippen molar-refractivity contribution in [1.82, 2.24) is 9.97 Å². The van der Waals surface area contributed by atoms with Gasteiger partial charge in [0.05, 0.1) is 6.61 Å². The molecule has 1 aromatic rings. The Hall–Kier alpha value is -1.16. The number of hydrogen-bond acceptors (Lipinski definition) is 4. The molecular formula is C11H15ClN2O2. The Balaban J connectivity index is 2.84. The minimum Gasteiger partial charge on any atom is -0.461 e. The van der Waals surface area contributed by atoms with Crippen LogP contribution in [-0.4, -0.2) is 22.5 Å². The van der Waals surface area contributed by atoms with E-state index in [0.29, 0.717) is 6.61 Å². The minimum atomic E-state index is -0.454. The SMILES string of the molecule is CCCCc1cc(C(=O)OCC)nc(Cl)n1. The molecular weight excluding hydrogens is 228 g/mol. The molecule has 0 radical (unpaired) electrons. The molecule has 0 aliphatic heterocycles. The lowest BCUT2D eigenvalue weighted by molar-refractivity contribution is 0.0519. The topological polar surface area (TPSA) is 52.1 Å². The molecule has 0 amide bonds. The third kappa shape index (κ3) is 3.77. The number of halogens is 1. The third-order valence-electron chi connectivity index (χ3n) is 2.02. The first-order valence-electron chi connectivity index (χ1n) is 5.38. The number of ether oxygens (including phenoxy) is 1. The normalized spacial score (nSPS) is 10.2. The zero-order chi connectivity index (χ0) is 12.0. The van der Waals surface area contributed by atoms with Crippen molar-refractivity contribution in [2.24, 2.45) is 0 Å². The number of unbranched alkanes of at least 4 members (excludes halogenated alkanes) is 1. The maximum atomic E-state index is 11.5. The quantitative estimate of drug-likeness (QED) is 0.588. The summed E-state index contributed by atoms with van der Waals surface area (Å²) < 4.78 is 4.85. The zero-order valence-electron chi connectivity index (χ0n) is 9.49. The molecule has 4 nitrogen and oxygen atoms in total. The number of nitrogens with zero attached hydrogens (tertiary/aromatic N) is 2. The maximum Gasteiger partial charge on any atom is 0.357 e. The molecule has 0 aromatic carbocycles. The van der Waals surface area contributed by atoms with Crippen molar-refractivity contribution in [2.45, 2.75) is 33.1 Å². The predicted octanol–water partition coefficient (Wildman–Crippen LogP) is 2.65. The number of carbonyl (C=O) groups is 1. The summed E-state index contributed by atoms with van der Waals surface area (Å²) >= 11 is 5.74. The molecule has 0 fully saturated rings. The van der Waals surface area contributed by atoms with Gasteiger partial charge in [0.1, 0.15) is 0 Å². The Morgan fingerprint density at radius 1 is 1.44 bits per heavy atom. The molecule has 0 saturated carbocycles. The van der Waals surface area contributed by atoms with Crippen molar-refractivity contribution in [2.75, 3.05) is 6.61 Å². The fourth-order valence-corrected chi connectivity index (χ4v) is 1.46. The van der Waals surface area contributed by atoms with Crippen LogP contribution < -0.4 is 0 Å². The van der Waals surface area contributed by atoms with Gasteiger partial charge in [0.2, 0.25) is 5.28 Å². The van der Waals surface area contributed by atoms with Gasteiger partial charge in [0.15, 0.2) is 5.69 Å². The summed E-state index contributed by atoms with van der Waals surface area (Å²) in [6.07, 6.45) is 2.87. The summed E-state index contributed by atoms with van der Waals surface area (Å²) in [5.74, 6) is -0.454. The average molecular weight is 243 g/mol. The smallest absolute Gasteiger partial charge is 0.357 e. The van der Waals surface area contributed by atoms with Gasteiger partial charge < -0.3 is 4.74 Å². The summed E-state index contributed by atoms with van der Waals surface area (Å²) in [6, 6.07) is 1.64. The molecule has 16 heavy (non-hydrogen) atoms. The summed E-state index contributed by atoms with van der Waals surface area (Å²) in [5, 5.41) is 0.0941. The van der Waals surface area contributed by atoms with Crippen molar-refractivity contribution in [1.29, 1.82) is 0 Å². The van der Waals surface area contributed by atoms with Gasteiger partial charge in [-0.15, -0.1) is 0 Å². The third-order valence-corrected chi connectivity index (χ3v) is 2.19. The van der Waals surface area contributed by atoms with Gasteiger partial charge in [0, 0.05) is 5.69 Å². The molecule has 0 saturated heterocycles. The number of aryl methyl sites for hydroxylation is 1. The molecule has 1 aromatic heterocycles. The Morgan fingerprint density at radius 2 is 2.19 bits per heavy atom. The molecule has 0 atom stereocenters. The number of carbonyl (C=O) groups excluding carboxylic acids is 1. The highest BCUT2D eigenvalue weighted by Gasteiger charge is 2.11. The van der Waals surface area contributed by atoms with Crippen molar-refractivity contribution < 1.29 is 9.53 Å². The summed E-state index contributed by atoms with van der Waals surface area (Å²) in [4.78, 5) is 19.4. The highest BCUT2D eigenvalue weighted by atomic mass is 35.5. The average Bonchev–Trinajstić information content (AvgIpc) is 2.26. The number of aromatic nitrogens is 2. The van der Waals surface area contributed by atoms with Crippen LogP contribution in [0, 0.1) is 0 Å². The molecule has 1 rings (SSSR count). The van der Waals surface area contributed by atoms with Gasteiger partial charge >= 0.3 is 5.97 Å². The molecule has 0 unspecified atom stereocenters. The fourth-order valence-electron chi connectivity index (χ4n) is 1.26. The van der Waals surface area contributed by atoms with E-state index >= 15 is 0 Å². The van der Waals surface area contributed by atoms with Crippen LogP contribution in [0.1, 0.15) is 42.9 Å². The van der Waals surface area contributed by atoms with Crippen molar-refractivity contribution in [3.8, 4) is 0 Å². The first-order valence-corrected chi connectivity index (χ1v) is 5.75. The monoisotopic (exact) mass is 242 g/mol. The fraction of sp³-hybridized carbons (Fsp3) is 0.545. The van der Waals surface area contributed by atoms with Crippen molar-refractivity contribution >= 4 is 17.6 Å². The lowest BCUT2D eigenvalue weighted by Gasteiger charge is -2.04. The lowest BCUT2D eigenvalue weighted by Crippen LogP contribution is -2.09. The standard InChI is InChI=1S/C11H15ClN2O2/c1-3-5-6-8-7-9(10(15)16-4-2)14-11(12)13-8/h7H,3-6H2,1-2H3. The van der Waals surface area contributed by atoms with Crippen LogP contribution in [0.25, 0.3) is 0 Å². The predicted molar refractivity (Wildman–Crippen MR) is 61.6 cm³/mol. The Bertz CT molecular complexity index is 369. The Labute approximate surface area is 100 Å². The van der Waals surface area contributed by atoms with E-state index in [0.717, 1.165) is 25.0 Å². The van der Waals surface area contributed by atoms with Gasteiger partial charge in [0.25, 0.3) is 0 Å². The first kappa shape index (κ1) is 12.9. The second kappa shape index (κ2) is 6.43. The molecule has 0 bridgehead atoms. The Kier molecular flexibility index (Phi) is 5.19. The van der Waals surface area contributed by atoms with E-state index < -0.39 is 5.97 Å². The summed E-state index contributed by atoms with van der Waals surface area (Å²) in [7, 11) is 0. The van der Waals surface area contributed by atoms with Crippen LogP contribution in [-0.2, 0) is 11.2 Å². The van der Waals surface area contributed by atoms with E-state index in [-0.39, 0.29) is 11.0 Å². The molecule has 0 spiro atoms. The van der Waals surface area contributed by atoms with E-state index in [1.807, 2.05) is 0 Å². The van der Waals surface area contributed by atoms with E-state index in [2.05, 4.69) is 16.9 Å². The van der Waals surface area contributed by atoms with Gasteiger partial charge in [-0.2, -0.15) is 0 Å². The Morgan fingerprint density at radius 3 is 2.81 bits per heavy atom. The van der Waals surface area contributed by atoms with Gasteiger partial charge in [-0.1, -0.05) is 13.3 Å². The highest BCUT2D eigenvalue weighted by molar-refractivity contribution is 6.28. The van der Waals surface area contributed by atoms with E-state index in [1.165, 1.54) is 0 Å². The van der Waals surface area contributed by atoms with Crippen LogP contribution in [0.5, 0.6) is 0 Å².